The smallest absolute Gasteiger partial charge is 0.219 e. The quantitative estimate of drug-likeness (QED) is 0.595. The minimum atomic E-state index is 0.156. The summed E-state index contributed by atoms with van der Waals surface area (Å²) in [7, 11) is 0. The second-order valence-corrected chi connectivity index (χ2v) is 3.78. The zero-order chi connectivity index (χ0) is 11.4. The molecule has 0 saturated heterocycles. The average molecular weight is 210 g/mol. The molecule has 0 bridgehead atoms. The molecule has 0 aliphatic rings. The Kier molecular flexibility index (Phi) is 10.3. The van der Waals surface area contributed by atoms with Crippen LogP contribution in [0.2, 0.25) is 0 Å². The summed E-state index contributed by atoms with van der Waals surface area (Å²) in [6.07, 6.45) is 7.60. The van der Waals surface area contributed by atoms with E-state index in [1.54, 1.807) is 0 Å². The van der Waals surface area contributed by atoms with Gasteiger partial charge in [-0.2, -0.15) is 5.26 Å². The Morgan fingerprint density at radius 1 is 1.20 bits per heavy atom. The van der Waals surface area contributed by atoms with Crippen molar-refractivity contribution in [2.45, 2.75) is 58.3 Å². The van der Waals surface area contributed by atoms with Crippen LogP contribution in [0.15, 0.2) is 0 Å². The third-order valence-corrected chi connectivity index (χ3v) is 2.29. The molecule has 0 radical (unpaired) electrons. The van der Waals surface area contributed by atoms with Crippen molar-refractivity contribution < 1.29 is 4.79 Å². The Bertz CT molecular complexity index is 196. The number of nitriles is 1. The van der Waals surface area contributed by atoms with Gasteiger partial charge in [0.2, 0.25) is 5.91 Å². The number of unbranched alkanes of at least 4 members (excludes halogenated alkanes) is 5. The van der Waals surface area contributed by atoms with E-state index in [-0.39, 0.29) is 5.91 Å². The monoisotopic (exact) mass is 210 g/mol. The normalized spacial score (nSPS) is 9.60. The van der Waals surface area contributed by atoms with Crippen molar-refractivity contribution >= 4 is 5.91 Å². The molecule has 3 heteroatoms. The molecule has 0 rings (SSSR count). The van der Waals surface area contributed by atoms with Crippen molar-refractivity contribution in [3.8, 4) is 6.07 Å². The topological polar surface area (TPSA) is 52.9 Å². The fourth-order valence-electron chi connectivity index (χ4n) is 1.36. The lowest BCUT2D eigenvalue weighted by Crippen LogP contribution is -2.23. The molecule has 0 heterocycles. The molecule has 0 aliphatic heterocycles. The highest BCUT2D eigenvalue weighted by molar-refractivity contribution is 5.75. The van der Waals surface area contributed by atoms with Crippen LogP contribution in [-0.4, -0.2) is 12.5 Å². The van der Waals surface area contributed by atoms with Gasteiger partial charge in [0.15, 0.2) is 0 Å². The van der Waals surface area contributed by atoms with Gasteiger partial charge in [0.1, 0.15) is 0 Å². The van der Waals surface area contributed by atoms with Crippen LogP contribution < -0.4 is 5.32 Å². The van der Waals surface area contributed by atoms with E-state index in [4.69, 9.17) is 5.26 Å². The number of rotatable bonds is 9. The SMILES string of the molecule is CCCCCCC(=O)NCCCCC#N. The van der Waals surface area contributed by atoms with Gasteiger partial charge in [-0.05, 0) is 19.3 Å². The number of nitrogens with zero attached hydrogens (tertiary/aromatic N) is 1. The van der Waals surface area contributed by atoms with Crippen LogP contribution in [0.5, 0.6) is 0 Å². The molecular formula is C12H22N2O. The lowest BCUT2D eigenvalue weighted by molar-refractivity contribution is -0.121. The third kappa shape index (κ3) is 10.9. The first-order chi connectivity index (χ1) is 7.31. The highest BCUT2D eigenvalue weighted by Gasteiger charge is 1.99. The maximum atomic E-state index is 11.3. The van der Waals surface area contributed by atoms with Gasteiger partial charge < -0.3 is 5.32 Å². The zero-order valence-electron chi connectivity index (χ0n) is 9.72. The fraction of sp³-hybridized carbons (Fsp3) is 0.833. The lowest BCUT2D eigenvalue weighted by Gasteiger charge is -2.03. The summed E-state index contributed by atoms with van der Waals surface area (Å²) in [6, 6.07) is 2.09. The summed E-state index contributed by atoms with van der Waals surface area (Å²) < 4.78 is 0. The first-order valence-corrected chi connectivity index (χ1v) is 5.95. The van der Waals surface area contributed by atoms with E-state index >= 15 is 0 Å². The van der Waals surface area contributed by atoms with E-state index in [1.807, 2.05) is 0 Å². The number of hydrogen-bond donors (Lipinski definition) is 1. The average Bonchev–Trinajstić information content (AvgIpc) is 2.24. The van der Waals surface area contributed by atoms with Crippen molar-refractivity contribution in [2.24, 2.45) is 0 Å². The van der Waals surface area contributed by atoms with Gasteiger partial charge in [-0.15, -0.1) is 0 Å². The van der Waals surface area contributed by atoms with Crippen LogP contribution in [-0.2, 0) is 4.79 Å². The van der Waals surface area contributed by atoms with Gasteiger partial charge in [-0.1, -0.05) is 26.2 Å². The summed E-state index contributed by atoms with van der Waals surface area (Å²) in [5.74, 6) is 0.156. The Morgan fingerprint density at radius 3 is 2.67 bits per heavy atom. The highest BCUT2D eigenvalue weighted by atomic mass is 16.1. The van der Waals surface area contributed by atoms with Crippen molar-refractivity contribution in [3.05, 3.63) is 0 Å². The first-order valence-electron chi connectivity index (χ1n) is 5.95. The molecule has 0 atom stereocenters. The molecule has 3 nitrogen and oxygen atoms in total. The predicted octanol–water partition coefficient (Wildman–Crippen LogP) is 2.77. The maximum Gasteiger partial charge on any atom is 0.219 e. The second-order valence-electron chi connectivity index (χ2n) is 3.78. The van der Waals surface area contributed by atoms with E-state index < -0.39 is 0 Å². The van der Waals surface area contributed by atoms with Crippen LogP contribution in [0.25, 0.3) is 0 Å². The molecule has 0 aromatic heterocycles. The number of nitrogens with one attached hydrogen (secondary N) is 1. The van der Waals surface area contributed by atoms with Crippen LogP contribution in [0, 0.1) is 11.3 Å². The Balaban J connectivity index is 3.16. The molecule has 1 N–H and O–H groups in total. The molecule has 0 aromatic carbocycles. The van der Waals surface area contributed by atoms with Gasteiger partial charge in [0.25, 0.3) is 0 Å². The van der Waals surface area contributed by atoms with Crippen LogP contribution in [0.4, 0.5) is 0 Å². The molecule has 1 amide bonds. The predicted molar refractivity (Wildman–Crippen MR) is 61.2 cm³/mol. The minimum absolute atomic E-state index is 0.156. The standard InChI is InChI=1S/C12H22N2O/c1-2-3-4-6-9-12(15)14-11-8-5-7-10-13/h2-9,11H2,1H3,(H,14,15). The third-order valence-electron chi connectivity index (χ3n) is 2.29. The van der Waals surface area contributed by atoms with Crippen molar-refractivity contribution in [1.29, 1.82) is 5.26 Å². The van der Waals surface area contributed by atoms with E-state index in [0.717, 1.165) is 25.7 Å². The number of carbonyl (C=O) groups is 1. The Labute approximate surface area is 92.9 Å². The largest absolute Gasteiger partial charge is 0.356 e. The molecule has 86 valence electrons. The molecule has 0 fully saturated rings. The number of amides is 1. The second kappa shape index (κ2) is 11.0. The molecular weight excluding hydrogens is 188 g/mol. The fourth-order valence-corrected chi connectivity index (χ4v) is 1.36. The highest BCUT2D eigenvalue weighted by Crippen LogP contribution is 2.02. The zero-order valence-corrected chi connectivity index (χ0v) is 9.72. The molecule has 15 heavy (non-hydrogen) atoms. The van der Waals surface area contributed by atoms with Crippen molar-refractivity contribution in [2.75, 3.05) is 6.54 Å². The van der Waals surface area contributed by atoms with Crippen LogP contribution in [0.3, 0.4) is 0 Å². The van der Waals surface area contributed by atoms with E-state index in [0.29, 0.717) is 19.4 Å². The summed E-state index contributed by atoms with van der Waals surface area (Å²) >= 11 is 0. The molecule has 0 aromatic rings. The molecule has 0 aliphatic carbocycles. The lowest BCUT2D eigenvalue weighted by atomic mass is 10.1. The maximum absolute atomic E-state index is 11.3. The summed E-state index contributed by atoms with van der Waals surface area (Å²) in [4.78, 5) is 11.3. The van der Waals surface area contributed by atoms with Gasteiger partial charge in [0.05, 0.1) is 6.07 Å². The number of carbonyl (C=O) groups excluding carboxylic acids is 1. The molecule has 0 unspecified atom stereocenters. The summed E-state index contributed by atoms with van der Waals surface area (Å²) in [5.41, 5.74) is 0. The molecule has 0 saturated carbocycles. The van der Waals surface area contributed by atoms with E-state index in [9.17, 15) is 4.79 Å². The number of hydrogen-bond acceptors (Lipinski definition) is 2. The summed E-state index contributed by atoms with van der Waals surface area (Å²) in [6.45, 7) is 2.88. The van der Waals surface area contributed by atoms with Crippen molar-refractivity contribution in [3.63, 3.8) is 0 Å². The minimum Gasteiger partial charge on any atom is -0.356 e. The molecule has 0 spiro atoms. The first kappa shape index (κ1) is 14.0. The van der Waals surface area contributed by atoms with Crippen LogP contribution in [0.1, 0.15) is 58.3 Å². The summed E-state index contributed by atoms with van der Waals surface area (Å²) in [5, 5.41) is 11.2. The van der Waals surface area contributed by atoms with Crippen molar-refractivity contribution in [1.82, 2.24) is 5.32 Å². The van der Waals surface area contributed by atoms with Gasteiger partial charge in [0, 0.05) is 19.4 Å². The van der Waals surface area contributed by atoms with Gasteiger partial charge in [-0.25, -0.2) is 0 Å². The van der Waals surface area contributed by atoms with Crippen LogP contribution >= 0.6 is 0 Å². The Hall–Kier alpha value is -1.04. The Morgan fingerprint density at radius 2 is 2.00 bits per heavy atom. The van der Waals surface area contributed by atoms with Gasteiger partial charge >= 0.3 is 0 Å². The van der Waals surface area contributed by atoms with E-state index in [2.05, 4.69) is 18.3 Å². The van der Waals surface area contributed by atoms with E-state index in [1.165, 1.54) is 12.8 Å². The van der Waals surface area contributed by atoms with Gasteiger partial charge in [-0.3, -0.25) is 4.79 Å².